The number of carbonyl (C=O) groups excluding carboxylic acids is 3. The molecule has 2 fully saturated rings. The second-order valence-corrected chi connectivity index (χ2v) is 5.35. The van der Waals surface area contributed by atoms with Gasteiger partial charge in [0.1, 0.15) is 13.1 Å². The van der Waals surface area contributed by atoms with Gasteiger partial charge in [-0.25, -0.2) is 0 Å². The third-order valence-electron chi connectivity index (χ3n) is 3.74. The SMILES string of the molecule is CC1CCC(N)C(C(=O)N2CC(=O)NC(=O)C2)C1. The molecule has 0 aromatic carbocycles. The van der Waals surface area contributed by atoms with Gasteiger partial charge in [-0.2, -0.15) is 0 Å². The van der Waals surface area contributed by atoms with E-state index in [0.29, 0.717) is 5.92 Å². The first kappa shape index (κ1) is 13.0. The maximum atomic E-state index is 12.3. The Labute approximate surface area is 106 Å². The van der Waals surface area contributed by atoms with Crippen molar-refractivity contribution >= 4 is 17.7 Å². The zero-order chi connectivity index (χ0) is 13.3. The van der Waals surface area contributed by atoms with Gasteiger partial charge in [0.2, 0.25) is 17.7 Å². The molecule has 0 aromatic rings. The molecule has 100 valence electrons. The van der Waals surface area contributed by atoms with Crippen LogP contribution in [0.1, 0.15) is 26.2 Å². The highest BCUT2D eigenvalue weighted by Gasteiger charge is 2.36. The lowest BCUT2D eigenvalue weighted by molar-refractivity contribution is -0.148. The summed E-state index contributed by atoms with van der Waals surface area (Å²) >= 11 is 0. The average molecular weight is 253 g/mol. The predicted molar refractivity (Wildman–Crippen MR) is 64.2 cm³/mol. The number of hydrogen-bond donors (Lipinski definition) is 2. The number of nitrogens with two attached hydrogens (primary N) is 1. The minimum absolute atomic E-state index is 0.0395. The van der Waals surface area contributed by atoms with Gasteiger partial charge in [-0.3, -0.25) is 19.7 Å². The maximum Gasteiger partial charge on any atom is 0.246 e. The second-order valence-electron chi connectivity index (χ2n) is 5.35. The van der Waals surface area contributed by atoms with E-state index in [1.807, 2.05) is 0 Å². The summed E-state index contributed by atoms with van der Waals surface area (Å²) in [6, 6.07) is -0.159. The number of nitrogens with one attached hydrogen (secondary N) is 1. The normalized spacial score (nSPS) is 33.2. The van der Waals surface area contributed by atoms with Crippen LogP contribution in [0.15, 0.2) is 0 Å². The molecule has 18 heavy (non-hydrogen) atoms. The summed E-state index contributed by atoms with van der Waals surface area (Å²) in [6.07, 6.45) is 2.60. The van der Waals surface area contributed by atoms with E-state index in [9.17, 15) is 14.4 Å². The van der Waals surface area contributed by atoms with E-state index in [1.165, 1.54) is 4.90 Å². The third-order valence-corrected chi connectivity index (χ3v) is 3.74. The molecule has 0 radical (unpaired) electrons. The first-order chi connectivity index (χ1) is 8.47. The number of rotatable bonds is 1. The molecular weight excluding hydrogens is 234 g/mol. The van der Waals surface area contributed by atoms with Gasteiger partial charge in [-0.05, 0) is 25.2 Å². The van der Waals surface area contributed by atoms with Crippen molar-refractivity contribution in [1.82, 2.24) is 10.2 Å². The van der Waals surface area contributed by atoms with Crippen molar-refractivity contribution in [2.75, 3.05) is 13.1 Å². The molecule has 2 rings (SSSR count). The molecule has 6 nitrogen and oxygen atoms in total. The molecule has 3 amide bonds. The lowest BCUT2D eigenvalue weighted by atomic mass is 9.78. The highest BCUT2D eigenvalue weighted by molar-refractivity contribution is 6.02. The van der Waals surface area contributed by atoms with Crippen LogP contribution in [0.2, 0.25) is 0 Å². The molecule has 3 N–H and O–H groups in total. The number of hydrogen-bond acceptors (Lipinski definition) is 4. The van der Waals surface area contributed by atoms with E-state index in [0.717, 1.165) is 19.3 Å². The second kappa shape index (κ2) is 5.06. The number of amides is 3. The summed E-state index contributed by atoms with van der Waals surface area (Å²) < 4.78 is 0. The zero-order valence-corrected chi connectivity index (χ0v) is 10.5. The van der Waals surface area contributed by atoms with E-state index in [-0.39, 0.29) is 31.0 Å². The van der Waals surface area contributed by atoms with E-state index in [1.54, 1.807) is 0 Å². The first-order valence-corrected chi connectivity index (χ1v) is 6.34. The van der Waals surface area contributed by atoms with Gasteiger partial charge in [0.05, 0.1) is 5.92 Å². The molecular formula is C12H19N3O3. The molecule has 1 heterocycles. The minimum atomic E-state index is -0.419. The third kappa shape index (κ3) is 2.69. The highest BCUT2D eigenvalue weighted by Crippen LogP contribution is 2.29. The molecule has 3 atom stereocenters. The Morgan fingerprint density at radius 3 is 2.50 bits per heavy atom. The standard InChI is InChI=1S/C12H19N3O3/c1-7-2-3-9(13)8(4-7)12(18)15-5-10(16)14-11(17)6-15/h7-9H,2-6,13H2,1H3,(H,14,16,17). The molecule has 0 bridgehead atoms. The fourth-order valence-corrected chi connectivity index (χ4v) is 2.72. The van der Waals surface area contributed by atoms with Crippen LogP contribution in [0.5, 0.6) is 0 Å². The van der Waals surface area contributed by atoms with Crippen LogP contribution in [0.3, 0.4) is 0 Å². The average Bonchev–Trinajstić information content (AvgIpc) is 2.30. The van der Waals surface area contributed by atoms with Gasteiger partial charge in [-0.1, -0.05) is 6.92 Å². The summed E-state index contributed by atoms with van der Waals surface area (Å²) in [7, 11) is 0. The molecule has 1 aliphatic carbocycles. The van der Waals surface area contributed by atoms with Gasteiger partial charge < -0.3 is 10.6 Å². The van der Waals surface area contributed by atoms with Gasteiger partial charge >= 0.3 is 0 Å². The molecule has 0 spiro atoms. The topological polar surface area (TPSA) is 92.5 Å². The molecule has 6 heteroatoms. The maximum absolute atomic E-state index is 12.3. The monoisotopic (exact) mass is 253 g/mol. The summed E-state index contributed by atoms with van der Waals surface area (Å²) in [6.45, 7) is 2.02. The summed E-state index contributed by atoms with van der Waals surface area (Å²) in [5.74, 6) is -0.785. The van der Waals surface area contributed by atoms with Crippen LogP contribution in [-0.2, 0) is 14.4 Å². The minimum Gasteiger partial charge on any atom is -0.327 e. The number of nitrogens with zero attached hydrogens (tertiary/aromatic N) is 1. The van der Waals surface area contributed by atoms with Crippen molar-refractivity contribution in [2.24, 2.45) is 17.6 Å². The van der Waals surface area contributed by atoms with Gasteiger partial charge in [0, 0.05) is 6.04 Å². The fourth-order valence-electron chi connectivity index (χ4n) is 2.72. The van der Waals surface area contributed by atoms with Crippen molar-refractivity contribution < 1.29 is 14.4 Å². The molecule has 1 aliphatic heterocycles. The Bertz CT molecular complexity index is 367. The molecule has 2 aliphatic rings. The van der Waals surface area contributed by atoms with Crippen molar-refractivity contribution in [2.45, 2.75) is 32.2 Å². The first-order valence-electron chi connectivity index (χ1n) is 6.34. The van der Waals surface area contributed by atoms with Crippen molar-refractivity contribution in [3.05, 3.63) is 0 Å². The van der Waals surface area contributed by atoms with Crippen LogP contribution in [0, 0.1) is 11.8 Å². The largest absolute Gasteiger partial charge is 0.327 e. The fraction of sp³-hybridized carbons (Fsp3) is 0.750. The summed E-state index contributed by atoms with van der Waals surface area (Å²) in [5.41, 5.74) is 5.99. The Balaban J connectivity index is 2.05. The van der Waals surface area contributed by atoms with Gasteiger partial charge in [0.25, 0.3) is 0 Å². The van der Waals surface area contributed by atoms with Crippen LogP contribution in [-0.4, -0.2) is 41.8 Å². The van der Waals surface area contributed by atoms with Gasteiger partial charge in [-0.15, -0.1) is 0 Å². The smallest absolute Gasteiger partial charge is 0.246 e. The van der Waals surface area contributed by atoms with Crippen LogP contribution in [0.25, 0.3) is 0 Å². The molecule has 0 aromatic heterocycles. The highest BCUT2D eigenvalue weighted by atomic mass is 16.2. The number of carbonyl (C=O) groups is 3. The Kier molecular flexibility index (Phi) is 3.65. The Hall–Kier alpha value is -1.43. The van der Waals surface area contributed by atoms with E-state index in [4.69, 9.17) is 5.73 Å². The molecule has 3 unspecified atom stereocenters. The number of imide groups is 1. The summed E-state index contributed by atoms with van der Waals surface area (Å²) in [4.78, 5) is 36.2. The Morgan fingerprint density at radius 1 is 1.28 bits per heavy atom. The van der Waals surface area contributed by atoms with Crippen LogP contribution in [0.4, 0.5) is 0 Å². The summed E-state index contributed by atoms with van der Waals surface area (Å²) in [5, 5.41) is 2.18. The quantitative estimate of drug-likeness (QED) is 0.600. The molecule has 1 saturated carbocycles. The van der Waals surface area contributed by atoms with Crippen molar-refractivity contribution in [3.8, 4) is 0 Å². The lowest BCUT2D eigenvalue weighted by Crippen LogP contribution is -2.56. The molecule has 1 saturated heterocycles. The van der Waals surface area contributed by atoms with E-state index < -0.39 is 11.8 Å². The van der Waals surface area contributed by atoms with Crippen LogP contribution < -0.4 is 11.1 Å². The van der Waals surface area contributed by atoms with Crippen LogP contribution >= 0.6 is 0 Å². The predicted octanol–water partition coefficient (Wildman–Crippen LogP) is -0.765. The zero-order valence-electron chi connectivity index (χ0n) is 10.5. The number of piperazine rings is 1. The lowest BCUT2D eigenvalue weighted by Gasteiger charge is -2.36. The Morgan fingerprint density at radius 2 is 1.89 bits per heavy atom. The van der Waals surface area contributed by atoms with E-state index >= 15 is 0 Å². The van der Waals surface area contributed by atoms with E-state index in [2.05, 4.69) is 12.2 Å². The van der Waals surface area contributed by atoms with Crippen molar-refractivity contribution in [3.63, 3.8) is 0 Å². The van der Waals surface area contributed by atoms with Gasteiger partial charge in [0.15, 0.2) is 0 Å². The van der Waals surface area contributed by atoms with Crippen molar-refractivity contribution in [1.29, 1.82) is 0 Å².